The van der Waals surface area contributed by atoms with Gasteiger partial charge in [0, 0.05) is 31.1 Å². The van der Waals surface area contributed by atoms with E-state index < -0.39 is 0 Å². The van der Waals surface area contributed by atoms with Gasteiger partial charge in [-0.3, -0.25) is 5.10 Å². The fraction of sp³-hybridized carbons (Fsp3) is 0.700. The van der Waals surface area contributed by atoms with Crippen LogP contribution in [0.4, 0.5) is 0 Å². The van der Waals surface area contributed by atoms with E-state index in [0.29, 0.717) is 12.1 Å². The molecule has 0 saturated carbocycles. The number of aromatic amines is 1. The van der Waals surface area contributed by atoms with Crippen LogP contribution in [0.5, 0.6) is 0 Å². The Morgan fingerprint density at radius 3 is 3.36 bits per heavy atom. The lowest BCUT2D eigenvalue weighted by Gasteiger charge is -2.19. The molecule has 1 fully saturated rings. The number of nitrogens with one attached hydrogen (secondary N) is 2. The Morgan fingerprint density at radius 2 is 2.71 bits per heavy atom. The molecule has 78 valence electrons. The molecule has 0 amide bonds. The maximum Gasteiger partial charge on any atom is 0.0726 e. The van der Waals surface area contributed by atoms with E-state index in [4.69, 9.17) is 4.74 Å². The van der Waals surface area contributed by atoms with Gasteiger partial charge in [-0.2, -0.15) is 5.10 Å². The maximum atomic E-state index is 5.60. The Bertz CT molecular complexity index is 254. The Morgan fingerprint density at radius 1 is 1.79 bits per heavy atom. The summed E-state index contributed by atoms with van der Waals surface area (Å²) in [5.41, 5.74) is 1.12. The molecule has 1 aromatic rings. The summed E-state index contributed by atoms with van der Waals surface area (Å²) in [4.78, 5) is 0. The Balaban J connectivity index is 1.74. The van der Waals surface area contributed by atoms with Gasteiger partial charge in [0.05, 0.1) is 6.10 Å². The van der Waals surface area contributed by atoms with Crippen LogP contribution in [0.15, 0.2) is 12.3 Å². The van der Waals surface area contributed by atoms with Crippen molar-refractivity contribution in [3.05, 3.63) is 18.0 Å². The number of hydrogen-bond acceptors (Lipinski definition) is 3. The standard InChI is InChI=1S/C10H17N3O/c1-8(10-3-2-6-14-10)11-7-9-4-5-12-13-9/h4-5,8,10-11H,2-3,6-7H2,1H3,(H,12,13). The molecule has 2 atom stereocenters. The molecule has 2 rings (SSSR count). The molecule has 0 spiro atoms. The lowest BCUT2D eigenvalue weighted by atomic mass is 10.1. The van der Waals surface area contributed by atoms with E-state index in [1.807, 2.05) is 6.07 Å². The molecule has 2 heterocycles. The molecule has 14 heavy (non-hydrogen) atoms. The van der Waals surface area contributed by atoms with Crippen LogP contribution in [-0.2, 0) is 11.3 Å². The average molecular weight is 195 g/mol. The van der Waals surface area contributed by atoms with Crippen LogP contribution in [0.25, 0.3) is 0 Å². The molecule has 0 aromatic carbocycles. The highest BCUT2D eigenvalue weighted by Crippen LogP contribution is 2.15. The second kappa shape index (κ2) is 4.57. The van der Waals surface area contributed by atoms with E-state index in [1.54, 1.807) is 6.20 Å². The van der Waals surface area contributed by atoms with Crippen molar-refractivity contribution in [2.24, 2.45) is 0 Å². The van der Waals surface area contributed by atoms with E-state index >= 15 is 0 Å². The van der Waals surface area contributed by atoms with Gasteiger partial charge in [0.1, 0.15) is 0 Å². The van der Waals surface area contributed by atoms with Gasteiger partial charge in [0.25, 0.3) is 0 Å². The highest BCUT2D eigenvalue weighted by atomic mass is 16.5. The van der Waals surface area contributed by atoms with Gasteiger partial charge in [-0.15, -0.1) is 0 Å². The third-order valence-corrected chi connectivity index (χ3v) is 2.70. The molecule has 4 nitrogen and oxygen atoms in total. The van der Waals surface area contributed by atoms with Crippen LogP contribution >= 0.6 is 0 Å². The van der Waals surface area contributed by atoms with Crippen LogP contribution in [0.2, 0.25) is 0 Å². The van der Waals surface area contributed by atoms with E-state index in [9.17, 15) is 0 Å². The van der Waals surface area contributed by atoms with Crippen molar-refractivity contribution in [3.63, 3.8) is 0 Å². The molecule has 1 saturated heterocycles. The van der Waals surface area contributed by atoms with Crippen molar-refractivity contribution in [2.75, 3.05) is 6.61 Å². The SMILES string of the molecule is CC(NCc1ccn[nH]1)C1CCCO1. The highest BCUT2D eigenvalue weighted by molar-refractivity contribution is 4.97. The number of ether oxygens (including phenoxy) is 1. The van der Waals surface area contributed by atoms with Gasteiger partial charge in [0.15, 0.2) is 0 Å². The van der Waals surface area contributed by atoms with Crippen LogP contribution < -0.4 is 5.32 Å². The fourth-order valence-electron chi connectivity index (χ4n) is 1.78. The molecule has 0 bridgehead atoms. The lowest BCUT2D eigenvalue weighted by Crippen LogP contribution is -2.36. The first-order valence-electron chi connectivity index (χ1n) is 5.19. The van der Waals surface area contributed by atoms with E-state index in [0.717, 1.165) is 18.8 Å². The zero-order valence-electron chi connectivity index (χ0n) is 8.49. The number of rotatable bonds is 4. The van der Waals surface area contributed by atoms with Crippen molar-refractivity contribution in [2.45, 2.75) is 38.5 Å². The van der Waals surface area contributed by atoms with Crippen LogP contribution in [0.3, 0.4) is 0 Å². The molecule has 0 aliphatic carbocycles. The minimum atomic E-state index is 0.387. The van der Waals surface area contributed by atoms with Crippen LogP contribution in [-0.4, -0.2) is 29.0 Å². The fourth-order valence-corrected chi connectivity index (χ4v) is 1.78. The van der Waals surface area contributed by atoms with Gasteiger partial charge in [-0.25, -0.2) is 0 Å². The summed E-state index contributed by atoms with van der Waals surface area (Å²) < 4.78 is 5.60. The molecular formula is C10H17N3O. The summed E-state index contributed by atoms with van der Waals surface area (Å²) in [5.74, 6) is 0. The normalized spacial score (nSPS) is 23.9. The lowest BCUT2D eigenvalue weighted by molar-refractivity contribution is 0.0831. The first-order chi connectivity index (χ1) is 6.86. The summed E-state index contributed by atoms with van der Waals surface area (Å²) >= 11 is 0. The van der Waals surface area contributed by atoms with Gasteiger partial charge in [0.2, 0.25) is 0 Å². The monoisotopic (exact) mass is 195 g/mol. The predicted octanol–water partition coefficient (Wildman–Crippen LogP) is 1.07. The van der Waals surface area contributed by atoms with Crippen molar-refractivity contribution in [1.29, 1.82) is 0 Å². The Kier molecular flexibility index (Phi) is 3.16. The minimum Gasteiger partial charge on any atom is -0.377 e. The Hall–Kier alpha value is -0.870. The summed E-state index contributed by atoms with van der Waals surface area (Å²) in [6.07, 6.45) is 4.53. The molecule has 0 radical (unpaired) electrons. The molecule has 1 aliphatic rings. The van der Waals surface area contributed by atoms with E-state index in [1.165, 1.54) is 12.8 Å². The molecule has 1 aliphatic heterocycles. The summed E-state index contributed by atoms with van der Waals surface area (Å²) in [7, 11) is 0. The van der Waals surface area contributed by atoms with Gasteiger partial charge >= 0.3 is 0 Å². The third-order valence-electron chi connectivity index (χ3n) is 2.70. The van der Waals surface area contributed by atoms with Crippen molar-refractivity contribution in [3.8, 4) is 0 Å². The quantitative estimate of drug-likeness (QED) is 0.755. The van der Waals surface area contributed by atoms with Gasteiger partial charge in [-0.05, 0) is 25.8 Å². The second-order valence-corrected chi connectivity index (χ2v) is 3.80. The van der Waals surface area contributed by atoms with Gasteiger partial charge < -0.3 is 10.1 Å². The highest BCUT2D eigenvalue weighted by Gasteiger charge is 2.21. The largest absolute Gasteiger partial charge is 0.377 e. The van der Waals surface area contributed by atoms with Crippen LogP contribution in [0, 0.1) is 0 Å². The summed E-state index contributed by atoms with van der Waals surface area (Å²) in [6.45, 7) is 3.92. The zero-order chi connectivity index (χ0) is 9.80. The van der Waals surface area contributed by atoms with Crippen LogP contribution in [0.1, 0.15) is 25.5 Å². The smallest absolute Gasteiger partial charge is 0.0726 e. The molecule has 1 aromatic heterocycles. The third kappa shape index (κ3) is 2.33. The molecular weight excluding hydrogens is 178 g/mol. The zero-order valence-corrected chi connectivity index (χ0v) is 8.49. The maximum absolute atomic E-state index is 5.60. The number of nitrogens with zero attached hydrogens (tertiary/aromatic N) is 1. The Labute approximate surface area is 84.0 Å². The van der Waals surface area contributed by atoms with E-state index in [2.05, 4.69) is 22.4 Å². The van der Waals surface area contributed by atoms with Crippen molar-refractivity contribution in [1.82, 2.24) is 15.5 Å². The first kappa shape index (κ1) is 9.68. The topological polar surface area (TPSA) is 49.9 Å². The summed E-state index contributed by atoms with van der Waals surface area (Å²) in [5, 5.41) is 10.3. The predicted molar refractivity (Wildman–Crippen MR) is 53.9 cm³/mol. The minimum absolute atomic E-state index is 0.387. The molecule has 2 unspecified atom stereocenters. The molecule has 2 N–H and O–H groups in total. The van der Waals surface area contributed by atoms with Crippen molar-refractivity contribution < 1.29 is 4.74 Å². The second-order valence-electron chi connectivity index (χ2n) is 3.80. The van der Waals surface area contributed by atoms with Gasteiger partial charge in [-0.1, -0.05) is 0 Å². The number of aromatic nitrogens is 2. The first-order valence-corrected chi connectivity index (χ1v) is 5.19. The number of H-pyrrole nitrogens is 1. The average Bonchev–Trinajstić information content (AvgIpc) is 2.87. The molecule has 4 heteroatoms. The van der Waals surface area contributed by atoms with Crippen molar-refractivity contribution >= 4 is 0 Å². The number of hydrogen-bond donors (Lipinski definition) is 2. The van der Waals surface area contributed by atoms with E-state index in [-0.39, 0.29) is 0 Å². The summed E-state index contributed by atoms with van der Waals surface area (Å²) in [6, 6.07) is 2.40.